The van der Waals surface area contributed by atoms with Gasteiger partial charge in [0.05, 0.1) is 22.5 Å². The SMILES string of the molecule is CCCCCCCCc1ccc(-c2ccc3c(n2)-c2nc(-c4ccc(CCCCCCCC)cc4)ccc2C(=O)C3=O)cc1. The Labute approximate surface area is 263 Å². The van der Waals surface area contributed by atoms with Gasteiger partial charge >= 0.3 is 0 Å². The number of unbranched alkanes of at least 4 members (excludes halogenated alkanes) is 10. The van der Waals surface area contributed by atoms with Gasteiger partial charge in [-0.15, -0.1) is 0 Å². The molecule has 2 heterocycles. The first-order valence-corrected chi connectivity index (χ1v) is 16.9. The molecule has 1 aliphatic rings. The molecule has 0 aliphatic heterocycles. The number of hydrogen-bond acceptors (Lipinski definition) is 4. The predicted octanol–water partition coefficient (Wildman–Crippen LogP) is 10.7. The number of fused-ring (bicyclic) bond motifs is 3. The first-order valence-electron chi connectivity index (χ1n) is 16.9. The summed E-state index contributed by atoms with van der Waals surface area (Å²) < 4.78 is 0. The zero-order valence-corrected chi connectivity index (χ0v) is 26.5. The van der Waals surface area contributed by atoms with Gasteiger partial charge in [-0.1, -0.05) is 127 Å². The van der Waals surface area contributed by atoms with E-state index in [0.717, 1.165) is 35.4 Å². The van der Waals surface area contributed by atoms with Crippen LogP contribution in [0.1, 0.15) is 123 Å². The van der Waals surface area contributed by atoms with Crippen LogP contribution in [0.4, 0.5) is 0 Å². The van der Waals surface area contributed by atoms with Crippen molar-refractivity contribution in [3.63, 3.8) is 0 Å². The van der Waals surface area contributed by atoms with Crippen molar-refractivity contribution in [3.05, 3.63) is 95.1 Å². The number of nitrogens with zero attached hydrogens (tertiary/aromatic N) is 2. The van der Waals surface area contributed by atoms with Crippen molar-refractivity contribution < 1.29 is 9.59 Å². The molecule has 2 aromatic carbocycles. The molecule has 0 saturated heterocycles. The molecule has 1 aliphatic carbocycles. The van der Waals surface area contributed by atoms with E-state index >= 15 is 0 Å². The van der Waals surface area contributed by atoms with Gasteiger partial charge in [0.25, 0.3) is 0 Å². The van der Waals surface area contributed by atoms with E-state index in [4.69, 9.17) is 9.97 Å². The Kier molecular flexibility index (Phi) is 11.2. The van der Waals surface area contributed by atoms with E-state index in [1.807, 2.05) is 12.1 Å². The van der Waals surface area contributed by atoms with Crippen LogP contribution in [0.2, 0.25) is 0 Å². The number of carbonyl (C=O) groups excluding carboxylic acids is 2. The number of hydrogen-bond donors (Lipinski definition) is 0. The van der Waals surface area contributed by atoms with Crippen LogP contribution in [0, 0.1) is 0 Å². The third-order valence-electron chi connectivity index (χ3n) is 8.85. The minimum absolute atomic E-state index is 0.324. The second-order valence-electron chi connectivity index (χ2n) is 12.3. The van der Waals surface area contributed by atoms with Crippen molar-refractivity contribution in [2.24, 2.45) is 0 Å². The number of ketones is 2. The highest BCUT2D eigenvalue weighted by atomic mass is 16.2. The minimum Gasteiger partial charge on any atom is -0.285 e. The third-order valence-corrected chi connectivity index (χ3v) is 8.85. The minimum atomic E-state index is -0.519. The number of rotatable bonds is 16. The highest BCUT2D eigenvalue weighted by Crippen LogP contribution is 2.34. The van der Waals surface area contributed by atoms with Crippen LogP contribution in [0.5, 0.6) is 0 Å². The number of aryl methyl sites for hydroxylation is 2. The molecule has 228 valence electrons. The Hall–Kier alpha value is -3.92. The van der Waals surface area contributed by atoms with Crippen LogP contribution in [-0.2, 0) is 12.8 Å². The van der Waals surface area contributed by atoms with Gasteiger partial charge in [0.15, 0.2) is 0 Å². The lowest BCUT2D eigenvalue weighted by Crippen LogP contribution is -2.23. The van der Waals surface area contributed by atoms with Crippen LogP contribution in [0.15, 0.2) is 72.8 Å². The van der Waals surface area contributed by atoms with Gasteiger partial charge in [-0.2, -0.15) is 0 Å². The lowest BCUT2D eigenvalue weighted by atomic mass is 9.89. The first kappa shape index (κ1) is 31.5. The Balaban J connectivity index is 1.31. The van der Waals surface area contributed by atoms with Gasteiger partial charge in [0, 0.05) is 11.1 Å². The number of pyridine rings is 2. The topological polar surface area (TPSA) is 59.9 Å². The Morgan fingerprint density at radius 1 is 0.432 bits per heavy atom. The number of Topliss-reactive ketones (excluding diaryl/α,β-unsaturated/α-hetero) is 2. The molecule has 4 heteroatoms. The molecule has 0 amide bonds. The Bertz CT molecular complexity index is 1430. The Morgan fingerprint density at radius 3 is 1.18 bits per heavy atom. The van der Waals surface area contributed by atoms with Gasteiger partial charge in [-0.05, 0) is 61.1 Å². The molecule has 0 N–H and O–H groups in total. The van der Waals surface area contributed by atoms with Gasteiger partial charge in [0.1, 0.15) is 11.4 Å². The molecule has 0 fully saturated rings. The standard InChI is InChI=1S/C40H46N2O2/c1-3-5-7-9-11-13-15-29-17-21-31(22-18-29)35-27-25-33-37(41-35)38-34(40(44)39(33)43)26-28-36(42-38)32-23-19-30(20-24-32)16-14-12-10-8-6-4-2/h17-28H,3-16H2,1-2H3. The summed E-state index contributed by atoms with van der Waals surface area (Å²) in [6.45, 7) is 4.50. The molecule has 5 rings (SSSR count). The third kappa shape index (κ3) is 7.77. The van der Waals surface area contributed by atoms with Gasteiger partial charge in [0.2, 0.25) is 11.6 Å². The molecule has 44 heavy (non-hydrogen) atoms. The zero-order valence-electron chi connectivity index (χ0n) is 26.5. The van der Waals surface area contributed by atoms with Crippen molar-refractivity contribution in [3.8, 4) is 33.9 Å². The maximum atomic E-state index is 13.0. The molecule has 0 unspecified atom stereocenters. The summed E-state index contributed by atoms with van der Waals surface area (Å²) in [4.78, 5) is 35.8. The zero-order chi connectivity index (χ0) is 30.7. The largest absolute Gasteiger partial charge is 0.285 e. The van der Waals surface area contributed by atoms with E-state index in [9.17, 15) is 9.59 Å². The van der Waals surface area contributed by atoms with Crippen LogP contribution in [0.3, 0.4) is 0 Å². The van der Waals surface area contributed by atoms with Crippen molar-refractivity contribution >= 4 is 11.6 Å². The molecule has 0 radical (unpaired) electrons. The van der Waals surface area contributed by atoms with Gasteiger partial charge in [-0.25, -0.2) is 9.97 Å². The lowest BCUT2D eigenvalue weighted by molar-refractivity contribution is 0.0814. The average Bonchev–Trinajstić information content (AvgIpc) is 3.07. The van der Waals surface area contributed by atoms with Crippen LogP contribution in [-0.4, -0.2) is 21.5 Å². The highest BCUT2D eigenvalue weighted by Gasteiger charge is 2.33. The molecule has 4 nitrogen and oxygen atoms in total. The maximum absolute atomic E-state index is 13.0. The second kappa shape index (κ2) is 15.7. The van der Waals surface area contributed by atoms with Crippen molar-refractivity contribution in [2.45, 2.75) is 104 Å². The summed E-state index contributed by atoms with van der Waals surface area (Å²) in [6, 6.07) is 24.3. The highest BCUT2D eigenvalue weighted by molar-refractivity contribution is 6.52. The van der Waals surface area contributed by atoms with Crippen molar-refractivity contribution in [1.29, 1.82) is 0 Å². The van der Waals surface area contributed by atoms with E-state index in [0.29, 0.717) is 22.5 Å². The van der Waals surface area contributed by atoms with Crippen LogP contribution < -0.4 is 0 Å². The average molecular weight is 587 g/mol. The molecular weight excluding hydrogens is 540 g/mol. The lowest BCUT2D eigenvalue weighted by Gasteiger charge is -2.18. The van der Waals surface area contributed by atoms with Crippen molar-refractivity contribution in [2.75, 3.05) is 0 Å². The van der Waals surface area contributed by atoms with Crippen molar-refractivity contribution in [1.82, 2.24) is 9.97 Å². The van der Waals surface area contributed by atoms with Gasteiger partial charge < -0.3 is 0 Å². The number of aromatic nitrogens is 2. The van der Waals surface area contributed by atoms with E-state index in [-0.39, 0.29) is 0 Å². The number of benzene rings is 2. The fraction of sp³-hybridized carbons (Fsp3) is 0.400. The summed E-state index contributed by atoms with van der Waals surface area (Å²) in [7, 11) is 0. The summed E-state index contributed by atoms with van der Waals surface area (Å²) in [5.74, 6) is -1.04. The normalized spacial score (nSPS) is 12.3. The maximum Gasteiger partial charge on any atom is 0.235 e. The smallest absolute Gasteiger partial charge is 0.235 e. The summed E-state index contributed by atoms with van der Waals surface area (Å²) in [5, 5.41) is 0. The molecule has 0 spiro atoms. The van der Waals surface area contributed by atoms with Gasteiger partial charge in [-0.3, -0.25) is 9.59 Å². The summed E-state index contributed by atoms with van der Waals surface area (Å²) in [6.07, 6.45) is 17.6. The van der Waals surface area contributed by atoms with Crippen LogP contribution in [0.25, 0.3) is 33.9 Å². The van der Waals surface area contributed by atoms with Crippen LogP contribution >= 0.6 is 0 Å². The van der Waals surface area contributed by atoms with E-state index < -0.39 is 11.6 Å². The Morgan fingerprint density at radius 2 is 0.795 bits per heavy atom. The fourth-order valence-electron chi connectivity index (χ4n) is 6.12. The number of carbonyl (C=O) groups is 2. The first-order chi connectivity index (χ1) is 21.6. The summed E-state index contributed by atoms with van der Waals surface area (Å²) in [5.41, 5.74) is 7.80. The van der Waals surface area contributed by atoms with E-state index in [1.54, 1.807) is 12.1 Å². The molecule has 0 saturated carbocycles. The predicted molar refractivity (Wildman–Crippen MR) is 181 cm³/mol. The second-order valence-corrected chi connectivity index (χ2v) is 12.3. The van der Waals surface area contributed by atoms with E-state index in [2.05, 4.69) is 62.4 Å². The van der Waals surface area contributed by atoms with E-state index in [1.165, 1.54) is 88.2 Å². The summed E-state index contributed by atoms with van der Waals surface area (Å²) >= 11 is 0. The molecule has 0 atom stereocenters. The molecule has 4 aromatic rings. The molecule has 0 bridgehead atoms. The molecular formula is C40H46N2O2. The fourth-order valence-corrected chi connectivity index (χ4v) is 6.12. The molecule has 2 aromatic heterocycles. The monoisotopic (exact) mass is 586 g/mol. The quantitative estimate of drug-likeness (QED) is 0.0968.